The number of benzene rings is 1. The normalized spacial score (nSPS) is 11.0. The second-order valence-corrected chi connectivity index (χ2v) is 6.09. The second-order valence-electron chi connectivity index (χ2n) is 6.09. The van der Waals surface area contributed by atoms with E-state index in [4.69, 9.17) is 0 Å². The van der Waals surface area contributed by atoms with Crippen molar-refractivity contribution in [1.29, 1.82) is 0 Å². The van der Waals surface area contributed by atoms with Gasteiger partial charge in [0.1, 0.15) is 0 Å². The zero-order valence-corrected chi connectivity index (χ0v) is 14.8. The molecule has 0 atom stereocenters. The van der Waals surface area contributed by atoms with Crippen LogP contribution in [0.1, 0.15) is 51.5 Å². The lowest BCUT2D eigenvalue weighted by atomic mass is 10.2. The minimum Gasteiger partial charge on any atom is -0.385 e. The van der Waals surface area contributed by atoms with Crippen LogP contribution in [-0.4, -0.2) is 36.0 Å². The van der Waals surface area contributed by atoms with Crippen LogP contribution >= 0.6 is 0 Å². The molecule has 23 heavy (non-hydrogen) atoms. The summed E-state index contributed by atoms with van der Waals surface area (Å²) in [6.45, 7) is 10.5. The zero-order valence-electron chi connectivity index (χ0n) is 14.8. The Morgan fingerprint density at radius 3 is 2.26 bits per heavy atom. The molecule has 0 aliphatic rings. The van der Waals surface area contributed by atoms with Gasteiger partial charge in [-0.25, -0.2) is 0 Å². The van der Waals surface area contributed by atoms with Crippen molar-refractivity contribution in [2.75, 3.05) is 31.5 Å². The van der Waals surface area contributed by atoms with Crippen LogP contribution in [-0.2, 0) is 0 Å². The van der Waals surface area contributed by atoms with Gasteiger partial charge in [0.25, 0.3) is 5.69 Å². The molecule has 130 valence electrons. The Kier molecular flexibility index (Phi) is 9.29. The van der Waals surface area contributed by atoms with Gasteiger partial charge < -0.3 is 10.2 Å². The number of hydrogen-bond donors (Lipinski definition) is 1. The average molecular weight is 321 g/mol. The molecule has 0 aliphatic carbocycles. The molecule has 0 unspecified atom stereocenters. The van der Waals surface area contributed by atoms with Crippen LogP contribution < -0.4 is 5.32 Å². The van der Waals surface area contributed by atoms with Crippen molar-refractivity contribution in [2.45, 2.75) is 52.9 Å². The van der Waals surface area contributed by atoms with Crippen molar-refractivity contribution in [3.8, 4) is 0 Å². The number of nitro groups is 1. The third-order valence-electron chi connectivity index (χ3n) is 4.04. The number of hydrogen-bond acceptors (Lipinski definition) is 4. The maximum absolute atomic E-state index is 11.0. The van der Waals surface area contributed by atoms with E-state index in [9.17, 15) is 10.1 Å². The zero-order chi connectivity index (χ0) is 17.1. The van der Waals surface area contributed by atoms with Crippen LogP contribution in [0.2, 0.25) is 0 Å². The lowest BCUT2D eigenvalue weighted by Crippen LogP contribution is -2.28. The molecule has 0 spiro atoms. The minimum atomic E-state index is -0.322. The number of nitrogens with one attached hydrogen (secondary N) is 1. The van der Waals surface area contributed by atoms with Crippen LogP contribution in [0.25, 0.3) is 0 Å². The smallest absolute Gasteiger partial charge is 0.274 e. The third kappa shape index (κ3) is 7.46. The summed E-state index contributed by atoms with van der Waals surface area (Å²) in [5.41, 5.74) is 1.71. The van der Waals surface area contributed by atoms with Crippen molar-refractivity contribution in [2.24, 2.45) is 0 Å². The van der Waals surface area contributed by atoms with Crippen LogP contribution in [0.5, 0.6) is 0 Å². The van der Waals surface area contributed by atoms with Crippen LogP contribution in [0.3, 0.4) is 0 Å². The molecule has 0 fully saturated rings. The molecular formula is C18H31N3O2. The summed E-state index contributed by atoms with van der Waals surface area (Å²) in [6, 6.07) is 5.34. The molecule has 1 N–H and O–H groups in total. The van der Waals surface area contributed by atoms with Gasteiger partial charge >= 0.3 is 0 Å². The van der Waals surface area contributed by atoms with E-state index in [-0.39, 0.29) is 10.6 Å². The fourth-order valence-electron chi connectivity index (χ4n) is 2.55. The average Bonchev–Trinajstić information content (AvgIpc) is 2.54. The number of unbranched alkanes of at least 4 members (excludes halogenated alkanes) is 2. The Balaban J connectivity index is 2.40. The molecule has 0 aliphatic heterocycles. The number of rotatable bonds is 12. The summed E-state index contributed by atoms with van der Waals surface area (Å²) in [4.78, 5) is 13.2. The molecule has 0 saturated carbocycles. The first-order chi connectivity index (χ1) is 11.1. The largest absolute Gasteiger partial charge is 0.385 e. The fourth-order valence-corrected chi connectivity index (χ4v) is 2.55. The topological polar surface area (TPSA) is 58.4 Å². The Morgan fingerprint density at radius 1 is 1.09 bits per heavy atom. The van der Waals surface area contributed by atoms with E-state index in [1.165, 1.54) is 38.8 Å². The van der Waals surface area contributed by atoms with Crippen LogP contribution in [0.4, 0.5) is 11.4 Å². The molecule has 1 aromatic carbocycles. The van der Waals surface area contributed by atoms with E-state index in [0.29, 0.717) is 5.56 Å². The summed E-state index contributed by atoms with van der Waals surface area (Å²) in [5.74, 6) is 0. The van der Waals surface area contributed by atoms with Gasteiger partial charge in [0, 0.05) is 23.9 Å². The van der Waals surface area contributed by atoms with E-state index in [1.54, 1.807) is 19.1 Å². The van der Waals surface area contributed by atoms with Crippen LogP contribution in [0.15, 0.2) is 18.2 Å². The highest BCUT2D eigenvalue weighted by Gasteiger charge is 2.10. The maximum atomic E-state index is 11.0. The van der Waals surface area contributed by atoms with Gasteiger partial charge in [0.2, 0.25) is 0 Å². The van der Waals surface area contributed by atoms with E-state index >= 15 is 0 Å². The van der Waals surface area contributed by atoms with Gasteiger partial charge in [-0.3, -0.25) is 10.1 Å². The quantitative estimate of drug-likeness (QED) is 0.347. The minimum absolute atomic E-state index is 0.183. The Morgan fingerprint density at radius 2 is 1.70 bits per heavy atom. The summed E-state index contributed by atoms with van der Waals surface area (Å²) < 4.78 is 0. The first kappa shape index (κ1) is 19.4. The van der Waals surface area contributed by atoms with Crippen molar-refractivity contribution in [3.63, 3.8) is 0 Å². The van der Waals surface area contributed by atoms with Crippen molar-refractivity contribution in [3.05, 3.63) is 33.9 Å². The molecule has 0 saturated heterocycles. The second kappa shape index (κ2) is 11.0. The standard InChI is InChI=1S/C18H31N3O2/c1-4-6-12-20(13-7-5-2)14-8-11-19-17-10-9-16(3)18(15-17)21(22)23/h9-10,15,19H,4-8,11-14H2,1-3H3. The summed E-state index contributed by atoms with van der Waals surface area (Å²) in [6.07, 6.45) is 6.01. The Bertz CT molecular complexity index is 469. The van der Waals surface area contributed by atoms with Crippen LogP contribution in [0, 0.1) is 17.0 Å². The highest BCUT2D eigenvalue weighted by atomic mass is 16.6. The number of nitrogens with zero attached hydrogens (tertiary/aromatic N) is 2. The summed E-state index contributed by atoms with van der Waals surface area (Å²) >= 11 is 0. The fraction of sp³-hybridized carbons (Fsp3) is 0.667. The summed E-state index contributed by atoms with van der Waals surface area (Å²) in [7, 11) is 0. The Labute approximate surface area is 140 Å². The highest BCUT2D eigenvalue weighted by Crippen LogP contribution is 2.22. The first-order valence-electron chi connectivity index (χ1n) is 8.79. The molecule has 0 bridgehead atoms. The molecule has 5 heteroatoms. The third-order valence-corrected chi connectivity index (χ3v) is 4.04. The van der Waals surface area contributed by atoms with Gasteiger partial charge in [-0.15, -0.1) is 0 Å². The molecule has 0 radical (unpaired) electrons. The summed E-state index contributed by atoms with van der Waals surface area (Å²) in [5, 5.41) is 14.3. The van der Waals surface area contributed by atoms with Gasteiger partial charge in [-0.05, 0) is 51.9 Å². The predicted octanol–water partition coefficient (Wildman–Crippen LogP) is 4.61. The highest BCUT2D eigenvalue weighted by molar-refractivity contribution is 5.54. The van der Waals surface area contributed by atoms with E-state index < -0.39 is 0 Å². The van der Waals surface area contributed by atoms with Crippen molar-refractivity contribution < 1.29 is 4.92 Å². The Hall–Kier alpha value is -1.62. The lowest BCUT2D eigenvalue weighted by molar-refractivity contribution is -0.385. The van der Waals surface area contributed by atoms with Gasteiger partial charge in [-0.1, -0.05) is 32.8 Å². The number of aryl methyl sites for hydroxylation is 1. The predicted molar refractivity (Wildman–Crippen MR) is 97.2 cm³/mol. The van der Waals surface area contributed by atoms with E-state index in [0.717, 1.165) is 25.2 Å². The first-order valence-corrected chi connectivity index (χ1v) is 8.79. The lowest BCUT2D eigenvalue weighted by Gasteiger charge is -2.22. The molecule has 1 rings (SSSR count). The molecule has 0 amide bonds. The van der Waals surface area contributed by atoms with E-state index in [2.05, 4.69) is 24.1 Å². The SMILES string of the molecule is CCCCN(CCCC)CCCNc1ccc(C)c([N+](=O)[O-])c1. The molecule has 0 aromatic heterocycles. The van der Waals surface area contributed by atoms with Gasteiger partial charge in [-0.2, -0.15) is 0 Å². The molecular weight excluding hydrogens is 290 g/mol. The molecule has 1 aromatic rings. The van der Waals surface area contributed by atoms with Gasteiger partial charge in [0.15, 0.2) is 0 Å². The van der Waals surface area contributed by atoms with Crippen molar-refractivity contribution in [1.82, 2.24) is 4.90 Å². The maximum Gasteiger partial charge on any atom is 0.274 e. The molecule has 0 heterocycles. The monoisotopic (exact) mass is 321 g/mol. The number of nitro benzene ring substituents is 1. The van der Waals surface area contributed by atoms with Gasteiger partial charge in [0.05, 0.1) is 4.92 Å². The number of anilines is 1. The van der Waals surface area contributed by atoms with Crippen molar-refractivity contribution >= 4 is 11.4 Å². The van der Waals surface area contributed by atoms with E-state index in [1.807, 2.05) is 6.07 Å². The molecule has 5 nitrogen and oxygen atoms in total.